The molecule has 0 saturated carbocycles. The van der Waals surface area contributed by atoms with Gasteiger partial charge in [-0.1, -0.05) is 12.1 Å². The largest absolute Gasteiger partial charge is 0.446 e. The van der Waals surface area contributed by atoms with Gasteiger partial charge in [0.05, 0.1) is 5.69 Å². The lowest BCUT2D eigenvalue weighted by atomic mass is 10.0. The van der Waals surface area contributed by atoms with E-state index in [1.807, 2.05) is 0 Å². The molecule has 3 nitrogen and oxygen atoms in total. The monoisotopic (exact) mass is 332 g/mol. The first-order valence-corrected chi connectivity index (χ1v) is 6.18. The molecule has 118 valence electrons. The molecule has 1 rings (SSSR count). The van der Waals surface area contributed by atoms with Crippen LogP contribution in [0.5, 0.6) is 0 Å². The molecule has 1 atom stereocenters. The molecule has 21 heavy (non-hydrogen) atoms. The zero-order chi connectivity index (χ0) is 16.5. The summed E-state index contributed by atoms with van der Waals surface area (Å²) in [5.74, 6) is -1.65. The number of anilines is 1. The molecule has 10 heteroatoms. The fraction of sp³-hybridized carbons (Fsp3) is 0.364. The maximum atomic E-state index is 12.6. The third-order valence-corrected chi connectivity index (χ3v) is 3.23. The van der Waals surface area contributed by atoms with Gasteiger partial charge in [0.2, 0.25) is 0 Å². The molecule has 1 aromatic carbocycles. The molecule has 0 radical (unpaired) electrons. The summed E-state index contributed by atoms with van der Waals surface area (Å²) >= 11 is -0.549. The van der Waals surface area contributed by atoms with Crippen LogP contribution in [-0.4, -0.2) is 23.1 Å². The molecule has 0 aliphatic heterocycles. The van der Waals surface area contributed by atoms with Gasteiger partial charge < -0.3 is 11.1 Å². The van der Waals surface area contributed by atoms with E-state index in [0.29, 0.717) is 6.92 Å². The average molecular weight is 332 g/mol. The standard InChI is InChI=1S/C11H10F6N2OS/c1-9(18,10(12,13)14)8(20)19-6-4-2-3-5-7(6)21-11(15,16)17/h2-5H,18H2,1H3,(H,19,20). The first-order valence-electron chi connectivity index (χ1n) is 5.36. The van der Waals surface area contributed by atoms with Crippen molar-refractivity contribution < 1.29 is 31.1 Å². The highest BCUT2D eigenvalue weighted by Crippen LogP contribution is 2.40. The van der Waals surface area contributed by atoms with E-state index in [2.05, 4.69) is 0 Å². The Balaban J connectivity index is 3.02. The molecule has 0 aliphatic rings. The molecule has 3 N–H and O–H groups in total. The van der Waals surface area contributed by atoms with Gasteiger partial charge in [0.1, 0.15) is 0 Å². The van der Waals surface area contributed by atoms with Crippen LogP contribution in [-0.2, 0) is 4.79 Å². The van der Waals surface area contributed by atoms with Crippen LogP contribution in [0.4, 0.5) is 32.0 Å². The van der Waals surface area contributed by atoms with Crippen molar-refractivity contribution in [3.05, 3.63) is 24.3 Å². The Morgan fingerprint density at radius 3 is 2.14 bits per heavy atom. The number of para-hydroxylation sites is 1. The molecule has 0 heterocycles. The Kier molecular flexibility index (Phi) is 4.83. The Hall–Kier alpha value is -1.42. The Morgan fingerprint density at radius 1 is 1.14 bits per heavy atom. The van der Waals surface area contributed by atoms with Crippen molar-refractivity contribution in [2.45, 2.75) is 29.0 Å². The second-order valence-corrected chi connectivity index (χ2v) is 5.31. The van der Waals surface area contributed by atoms with Crippen LogP contribution in [0.1, 0.15) is 6.92 Å². The Labute approximate surface area is 119 Å². The third-order valence-electron chi connectivity index (χ3n) is 2.42. The number of hydrogen-bond acceptors (Lipinski definition) is 3. The normalized spacial score (nSPS) is 15.4. The van der Waals surface area contributed by atoms with Gasteiger partial charge in [-0.25, -0.2) is 0 Å². The zero-order valence-electron chi connectivity index (χ0n) is 10.5. The van der Waals surface area contributed by atoms with E-state index in [0.717, 1.165) is 12.1 Å². The smallest absolute Gasteiger partial charge is 0.323 e. The summed E-state index contributed by atoms with van der Waals surface area (Å²) in [6.45, 7) is 0.432. The van der Waals surface area contributed by atoms with Crippen LogP contribution in [0, 0.1) is 0 Å². The molecule has 1 unspecified atom stereocenters. The van der Waals surface area contributed by atoms with Crippen molar-refractivity contribution in [2.24, 2.45) is 5.73 Å². The molecular formula is C11H10F6N2OS. The molecule has 0 aromatic heterocycles. The lowest BCUT2D eigenvalue weighted by molar-refractivity contribution is -0.184. The number of benzene rings is 1. The predicted molar refractivity (Wildman–Crippen MR) is 65.6 cm³/mol. The quantitative estimate of drug-likeness (QED) is 0.658. The highest BCUT2D eigenvalue weighted by Gasteiger charge is 2.54. The molecule has 0 saturated heterocycles. The van der Waals surface area contributed by atoms with E-state index in [1.165, 1.54) is 12.1 Å². The highest BCUT2D eigenvalue weighted by atomic mass is 32.2. The summed E-state index contributed by atoms with van der Waals surface area (Å²) < 4.78 is 74.7. The van der Waals surface area contributed by atoms with E-state index < -0.39 is 45.5 Å². The number of nitrogens with one attached hydrogen (secondary N) is 1. The summed E-state index contributed by atoms with van der Waals surface area (Å²) in [6.07, 6.45) is -5.04. The van der Waals surface area contributed by atoms with Crippen LogP contribution in [0.3, 0.4) is 0 Å². The van der Waals surface area contributed by atoms with Gasteiger partial charge in [-0.2, -0.15) is 26.3 Å². The minimum Gasteiger partial charge on any atom is -0.323 e. The van der Waals surface area contributed by atoms with Gasteiger partial charge >= 0.3 is 11.7 Å². The van der Waals surface area contributed by atoms with Gasteiger partial charge in [-0.15, -0.1) is 0 Å². The summed E-state index contributed by atoms with van der Waals surface area (Å²) in [7, 11) is 0. The zero-order valence-corrected chi connectivity index (χ0v) is 11.3. The number of carbonyl (C=O) groups excluding carboxylic acids is 1. The fourth-order valence-corrected chi connectivity index (χ4v) is 1.79. The number of thioether (sulfide) groups is 1. The van der Waals surface area contributed by atoms with Gasteiger partial charge in [-0.05, 0) is 30.8 Å². The van der Waals surface area contributed by atoms with Crippen LogP contribution >= 0.6 is 11.8 Å². The predicted octanol–water partition coefficient (Wildman–Crippen LogP) is 3.52. The van der Waals surface area contributed by atoms with Crippen molar-refractivity contribution in [1.82, 2.24) is 0 Å². The number of nitrogens with two attached hydrogens (primary N) is 1. The van der Waals surface area contributed by atoms with Crippen LogP contribution < -0.4 is 11.1 Å². The van der Waals surface area contributed by atoms with Crippen LogP contribution in [0.2, 0.25) is 0 Å². The Morgan fingerprint density at radius 2 is 1.67 bits per heavy atom. The minimum atomic E-state index is -5.04. The van der Waals surface area contributed by atoms with E-state index in [1.54, 1.807) is 5.32 Å². The van der Waals surface area contributed by atoms with E-state index in [-0.39, 0.29) is 0 Å². The lowest BCUT2D eigenvalue weighted by Crippen LogP contribution is -2.59. The summed E-state index contributed by atoms with van der Waals surface area (Å²) in [6, 6.07) is 4.61. The molecule has 1 amide bonds. The average Bonchev–Trinajstić information content (AvgIpc) is 2.28. The maximum absolute atomic E-state index is 12.6. The maximum Gasteiger partial charge on any atom is 0.446 e. The van der Waals surface area contributed by atoms with E-state index >= 15 is 0 Å². The molecular weight excluding hydrogens is 322 g/mol. The molecule has 0 bridgehead atoms. The highest BCUT2D eigenvalue weighted by molar-refractivity contribution is 8.00. The number of hydrogen-bond donors (Lipinski definition) is 2. The van der Waals surface area contributed by atoms with Crippen molar-refractivity contribution >= 4 is 23.4 Å². The third kappa shape index (κ3) is 4.53. The SMILES string of the molecule is CC(N)(C(=O)Nc1ccccc1SC(F)(F)F)C(F)(F)F. The van der Waals surface area contributed by atoms with Gasteiger partial charge in [0.15, 0.2) is 5.54 Å². The van der Waals surface area contributed by atoms with E-state index in [4.69, 9.17) is 5.73 Å². The topological polar surface area (TPSA) is 55.1 Å². The minimum absolute atomic E-state index is 0.397. The summed E-state index contributed by atoms with van der Waals surface area (Å²) in [4.78, 5) is 11.1. The van der Waals surface area contributed by atoms with Crippen molar-refractivity contribution in [3.8, 4) is 0 Å². The molecule has 1 aromatic rings. The fourth-order valence-electron chi connectivity index (χ4n) is 1.16. The molecule has 0 spiro atoms. The molecule has 0 aliphatic carbocycles. The number of halogens is 6. The van der Waals surface area contributed by atoms with Gasteiger partial charge in [-0.3, -0.25) is 4.79 Å². The second-order valence-electron chi connectivity index (χ2n) is 4.20. The number of carbonyl (C=O) groups is 1. The van der Waals surface area contributed by atoms with Gasteiger partial charge in [0, 0.05) is 4.90 Å². The number of amides is 1. The van der Waals surface area contributed by atoms with E-state index in [9.17, 15) is 31.1 Å². The summed E-state index contributed by atoms with van der Waals surface area (Å²) in [5.41, 5.74) is -3.36. The Bertz CT molecular complexity index is 526. The van der Waals surface area contributed by atoms with Gasteiger partial charge in [0.25, 0.3) is 5.91 Å². The first kappa shape index (κ1) is 17.6. The second kappa shape index (κ2) is 5.76. The summed E-state index contributed by atoms with van der Waals surface area (Å²) in [5, 5.41) is 1.78. The van der Waals surface area contributed by atoms with Crippen molar-refractivity contribution in [2.75, 3.05) is 5.32 Å². The van der Waals surface area contributed by atoms with Crippen LogP contribution in [0.25, 0.3) is 0 Å². The first-order chi connectivity index (χ1) is 9.34. The van der Waals surface area contributed by atoms with Crippen LogP contribution in [0.15, 0.2) is 29.2 Å². The van der Waals surface area contributed by atoms with Crippen molar-refractivity contribution in [1.29, 1.82) is 0 Å². The van der Waals surface area contributed by atoms with Crippen molar-refractivity contribution in [3.63, 3.8) is 0 Å². The number of alkyl halides is 6. The molecule has 0 fully saturated rings. The number of rotatable bonds is 3. The lowest BCUT2D eigenvalue weighted by Gasteiger charge is -2.26.